The van der Waals surface area contributed by atoms with Crippen molar-refractivity contribution in [2.45, 2.75) is 15.7 Å². The highest BCUT2D eigenvalue weighted by molar-refractivity contribution is 7.99. The lowest BCUT2D eigenvalue weighted by molar-refractivity contribution is 1.30. The molecule has 0 aliphatic rings. The first-order chi connectivity index (χ1) is 6.77. The Kier molecular flexibility index (Phi) is 3.32. The highest BCUT2D eigenvalue weighted by Gasteiger charge is 2.09. The number of benzene rings is 1. The van der Waals surface area contributed by atoms with Gasteiger partial charge in [0.1, 0.15) is 0 Å². The van der Waals surface area contributed by atoms with Gasteiger partial charge in [-0.3, -0.25) is 0 Å². The molecule has 0 unspecified atom stereocenters. The summed E-state index contributed by atoms with van der Waals surface area (Å²) < 4.78 is 1.27. The number of thiophene rings is 1. The van der Waals surface area contributed by atoms with Crippen molar-refractivity contribution in [3.05, 3.63) is 23.1 Å². The van der Waals surface area contributed by atoms with Gasteiger partial charge in [-0.25, -0.2) is 0 Å². The maximum atomic E-state index is 5.88. The van der Waals surface area contributed by atoms with E-state index >= 15 is 0 Å². The molecule has 0 saturated carbocycles. The fraction of sp³-hybridized carbons (Fsp3) is 0.200. The second-order valence-corrected chi connectivity index (χ2v) is 5.36. The maximum Gasteiger partial charge on any atom is 0.0488 e. The molecule has 0 nitrogen and oxygen atoms in total. The van der Waals surface area contributed by atoms with Crippen molar-refractivity contribution in [1.29, 1.82) is 0 Å². The van der Waals surface area contributed by atoms with Crippen LogP contribution in [-0.2, 0) is 5.88 Å². The Morgan fingerprint density at radius 1 is 1.50 bits per heavy atom. The van der Waals surface area contributed by atoms with Crippen LogP contribution in [0, 0.1) is 0 Å². The molecule has 1 aromatic carbocycles. The van der Waals surface area contributed by atoms with Crippen molar-refractivity contribution < 1.29 is 0 Å². The van der Waals surface area contributed by atoms with Crippen LogP contribution in [0.4, 0.5) is 0 Å². The van der Waals surface area contributed by atoms with Gasteiger partial charge in [0, 0.05) is 25.8 Å². The molecular weight excluding hydrogens is 252 g/mol. The zero-order valence-corrected chi connectivity index (χ0v) is 10.9. The van der Waals surface area contributed by atoms with Gasteiger partial charge in [0.15, 0.2) is 0 Å². The Hall–Kier alpha value is 0.170. The quantitative estimate of drug-likeness (QED) is 0.466. The molecule has 0 N–H and O–H groups in total. The predicted molar refractivity (Wildman–Crippen MR) is 70.4 cm³/mol. The normalized spacial score (nSPS) is 11.1. The van der Waals surface area contributed by atoms with E-state index in [1.54, 1.807) is 23.1 Å². The second kappa shape index (κ2) is 4.35. The van der Waals surface area contributed by atoms with Crippen LogP contribution < -0.4 is 0 Å². The van der Waals surface area contributed by atoms with Gasteiger partial charge in [0.2, 0.25) is 0 Å². The van der Waals surface area contributed by atoms with Crippen molar-refractivity contribution in [1.82, 2.24) is 0 Å². The van der Waals surface area contributed by atoms with E-state index < -0.39 is 0 Å². The molecule has 2 aromatic rings. The molecule has 74 valence electrons. The molecule has 2 rings (SSSR count). The standard InChI is InChI=1S/C10H9ClS3/c1-13-8-3-2-7-9(10(8)12)6(4-11)5-14-7/h2-3,5,12H,4H2,1H3. The van der Waals surface area contributed by atoms with Gasteiger partial charge in [0.25, 0.3) is 0 Å². The fourth-order valence-electron chi connectivity index (χ4n) is 1.42. The number of thioether (sulfide) groups is 1. The van der Waals surface area contributed by atoms with Crippen LogP contribution in [0.25, 0.3) is 10.1 Å². The molecule has 0 bridgehead atoms. The topological polar surface area (TPSA) is 0 Å². The van der Waals surface area contributed by atoms with Crippen LogP contribution >= 0.6 is 47.3 Å². The number of rotatable bonds is 2. The molecule has 1 heterocycles. The Balaban J connectivity index is 2.77. The minimum absolute atomic E-state index is 0.561. The third kappa shape index (κ3) is 1.67. The van der Waals surface area contributed by atoms with Crippen LogP contribution in [0.5, 0.6) is 0 Å². The number of fused-ring (bicyclic) bond motifs is 1. The minimum atomic E-state index is 0.561. The van der Waals surface area contributed by atoms with E-state index in [2.05, 4.69) is 36.4 Å². The van der Waals surface area contributed by atoms with Gasteiger partial charge < -0.3 is 0 Å². The summed E-state index contributed by atoms with van der Waals surface area (Å²) in [5.41, 5.74) is 1.19. The van der Waals surface area contributed by atoms with Crippen LogP contribution in [0.1, 0.15) is 5.56 Å². The first kappa shape index (κ1) is 10.7. The highest BCUT2D eigenvalue weighted by Crippen LogP contribution is 2.37. The average Bonchev–Trinajstić information content (AvgIpc) is 2.62. The smallest absolute Gasteiger partial charge is 0.0488 e. The monoisotopic (exact) mass is 260 g/mol. The third-order valence-electron chi connectivity index (χ3n) is 2.12. The molecule has 4 heteroatoms. The van der Waals surface area contributed by atoms with E-state index in [1.807, 2.05) is 0 Å². The van der Waals surface area contributed by atoms with E-state index in [0.717, 1.165) is 4.90 Å². The summed E-state index contributed by atoms with van der Waals surface area (Å²) in [4.78, 5) is 2.28. The average molecular weight is 261 g/mol. The molecule has 0 radical (unpaired) electrons. The van der Waals surface area contributed by atoms with Crippen molar-refractivity contribution in [2.75, 3.05) is 6.26 Å². The summed E-state index contributed by atoms with van der Waals surface area (Å²) in [6.45, 7) is 0. The van der Waals surface area contributed by atoms with Gasteiger partial charge in [-0.05, 0) is 29.3 Å². The lowest BCUT2D eigenvalue weighted by atomic mass is 10.2. The Morgan fingerprint density at radius 3 is 2.93 bits per heavy atom. The highest BCUT2D eigenvalue weighted by atomic mass is 35.5. The van der Waals surface area contributed by atoms with Crippen LogP contribution in [-0.4, -0.2) is 6.26 Å². The van der Waals surface area contributed by atoms with Gasteiger partial charge in [0.05, 0.1) is 0 Å². The van der Waals surface area contributed by atoms with E-state index in [4.69, 9.17) is 11.6 Å². The van der Waals surface area contributed by atoms with Crippen molar-refractivity contribution in [3.63, 3.8) is 0 Å². The molecular formula is C10H9ClS3. The third-order valence-corrected chi connectivity index (χ3v) is 4.80. The summed E-state index contributed by atoms with van der Waals surface area (Å²) in [5, 5.41) is 3.33. The first-order valence-electron chi connectivity index (χ1n) is 4.10. The molecule has 1 aromatic heterocycles. The van der Waals surface area contributed by atoms with Crippen molar-refractivity contribution >= 4 is 57.4 Å². The molecule has 0 aliphatic carbocycles. The second-order valence-electron chi connectivity index (χ2n) is 2.88. The van der Waals surface area contributed by atoms with Gasteiger partial charge in [-0.2, -0.15) is 0 Å². The van der Waals surface area contributed by atoms with Crippen LogP contribution in [0.3, 0.4) is 0 Å². The number of thiol groups is 1. The lowest BCUT2D eigenvalue weighted by Gasteiger charge is -2.04. The zero-order valence-electron chi connectivity index (χ0n) is 7.58. The van der Waals surface area contributed by atoms with Gasteiger partial charge in [-0.1, -0.05) is 0 Å². The van der Waals surface area contributed by atoms with Crippen LogP contribution in [0.15, 0.2) is 27.3 Å². The van der Waals surface area contributed by atoms with Crippen molar-refractivity contribution in [2.24, 2.45) is 0 Å². The zero-order chi connectivity index (χ0) is 10.1. The van der Waals surface area contributed by atoms with Crippen molar-refractivity contribution in [3.8, 4) is 0 Å². The molecule has 0 fully saturated rings. The van der Waals surface area contributed by atoms with E-state index in [9.17, 15) is 0 Å². The molecule has 14 heavy (non-hydrogen) atoms. The van der Waals surface area contributed by atoms with Crippen LogP contribution in [0.2, 0.25) is 0 Å². The minimum Gasteiger partial charge on any atom is -0.143 e. The fourth-order valence-corrected chi connectivity index (χ4v) is 3.88. The number of halogens is 1. The number of hydrogen-bond acceptors (Lipinski definition) is 3. The summed E-state index contributed by atoms with van der Waals surface area (Å²) in [6, 6.07) is 4.26. The van der Waals surface area contributed by atoms with E-state index in [0.29, 0.717) is 5.88 Å². The molecule has 0 atom stereocenters. The Labute approximate surface area is 102 Å². The molecule has 0 saturated heterocycles. The molecule has 0 spiro atoms. The SMILES string of the molecule is CSc1ccc2scc(CCl)c2c1S. The van der Waals surface area contributed by atoms with E-state index in [-0.39, 0.29) is 0 Å². The Morgan fingerprint density at radius 2 is 2.29 bits per heavy atom. The molecule has 0 amide bonds. The summed E-state index contributed by atoms with van der Waals surface area (Å²) in [7, 11) is 0. The number of alkyl halides is 1. The van der Waals surface area contributed by atoms with Gasteiger partial charge >= 0.3 is 0 Å². The first-order valence-corrected chi connectivity index (χ1v) is 7.18. The molecule has 0 aliphatic heterocycles. The van der Waals surface area contributed by atoms with E-state index in [1.165, 1.54) is 20.5 Å². The summed E-state index contributed by atoms with van der Waals surface area (Å²) in [5.74, 6) is 0.561. The van der Waals surface area contributed by atoms with Gasteiger partial charge in [-0.15, -0.1) is 47.3 Å². The Bertz CT molecular complexity index is 462. The lowest BCUT2D eigenvalue weighted by Crippen LogP contribution is -1.79. The number of hydrogen-bond donors (Lipinski definition) is 1. The largest absolute Gasteiger partial charge is 0.143 e. The predicted octanol–water partition coefficient (Wildman–Crippen LogP) is 4.65. The summed E-state index contributed by atoms with van der Waals surface area (Å²) in [6.07, 6.45) is 2.06. The summed E-state index contributed by atoms with van der Waals surface area (Å²) >= 11 is 13.9. The maximum absolute atomic E-state index is 5.88.